The van der Waals surface area contributed by atoms with Crippen LogP contribution in [0.25, 0.3) is 0 Å². The first kappa shape index (κ1) is 19.2. The van der Waals surface area contributed by atoms with E-state index in [-0.39, 0.29) is 11.7 Å². The standard InChI is InChI=1S/C24H23FN2O2/c25-19-8-6-18(7-9-19)24(14-16-29-17-15-24)23(28)27-22-12-10-21(11-13-22)26-20-4-2-1-3-5-20/h1-13,26H,14-17H2,(H,27,28). The zero-order valence-electron chi connectivity index (χ0n) is 16.0. The average Bonchev–Trinajstić information content (AvgIpc) is 2.77. The van der Waals surface area contributed by atoms with Gasteiger partial charge in [-0.05, 0) is 66.9 Å². The van der Waals surface area contributed by atoms with Crippen molar-refractivity contribution in [3.05, 3.63) is 90.2 Å². The molecule has 29 heavy (non-hydrogen) atoms. The van der Waals surface area contributed by atoms with Gasteiger partial charge in [0.1, 0.15) is 5.82 Å². The van der Waals surface area contributed by atoms with Gasteiger partial charge in [0, 0.05) is 30.3 Å². The monoisotopic (exact) mass is 390 g/mol. The summed E-state index contributed by atoms with van der Waals surface area (Å²) in [4.78, 5) is 13.3. The van der Waals surface area contributed by atoms with Gasteiger partial charge in [-0.25, -0.2) is 4.39 Å². The number of hydrogen-bond donors (Lipinski definition) is 2. The number of carbonyl (C=O) groups is 1. The Kier molecular flexibility index (Phi) is 5.58. The summed E-state index contributed by atoms with van der Waals surface area (Å²) in [5, 5.41) is 6.36. The Morgan fingerprint density at radius 1 is 0.793 bits per heavy atom. The third-order valence-corrected chi connectivity index (χ3v) is 5.38. The van der Waals surface area contributed by atoms with Crippen LogP contribution in [0.4, 0.5) is 21.5 Å². The lowest BCUT2D eigenvalue weighted by Crippen LogP contribution is -2.44. The third-order valence-electron chi connectivity index (χ3n) is 5.38. The maximum atomic E-state index is 13.4. The number of amides is 1. The second kappa shape index (κ2) is 8.45. The van der Waals surface area contributed by atoms with Crippen molar-refractivity contribution in [3.8, 4) is 0 Å². The van der Waals surface area contributed by atoms with E-state index >= 15 is 0 Å². The molecule has 148 valence electrons. The van der Waals surface area contributed by atoms with Gasteiger partial charge in [-0.1, -0.05) is 30.3 Å². The summed E-state index contributed by atoms with van der Waals surface area (Å²) < 4.78 is 18.9. The average molecular weight is 390 g/mol. The zero-order valence-corrected chi connectivity index (χ0v) is 16.0. The van der Waals surface area contributed by atoms with Gasteiger partial charge in [0.05, 0.1) is 5.41 Å². The fourth-order valence-corrected chi connectivity index (χ4v) is 3.71. The van der Waals surface area contributed by atoms with Crippen LogP contribution in [-0.2, 0) is 14.9 Å². The van der Waals surface area contributed by atoms with Crippen molar-refractivity contribution >= 4 is 23.0 Å². The second-order valence-corrected chi connectivity index (χ2v) is 7.22. The Bertz CT molecular complexity index is 950. The molecule has 0 radical (unpaired) electrons. The first-order valence-corrected chi connectivity index (χ1v) is 9.73. The Morgan fingerprint density at radius 3 is 2.03 bits per heavy atom. The molecule has 3 aromatic carbocycles. The Labute approximate surface area is 169 Å². The molecule has 1 amide bonds. The number of anilines is 3. The summed E-state index contributed by atoms with van der Waals surface area (Å²) in [5.74, 6) is -0.394. The third kappa shape index (κ3) is 4.30. The number of rotatable bonds is 5. The molecule has 1 aliphatic heterocycles. The molecular weight excluding hydrogens is 367 g/mol. The van der Waals surface area contributed by atoms with Crippen molar-refractivity contribution in [2.75, 3.05) is 23.8 Å². The molecule has 4 nitrogen and oxygen atoms in total. The first-order chi connectivity index (χ1) is 14.2. The van der Waals surface area contributed by atoms with Crippen molar-refractivity contribution in [2.45, 2.75) is 18.3 Å². The maximum Gasteiger partial charge on any atom is 0.235 e. The lowest BCUT2D eigenvalue weighted by Gasteiger charge is -2.36. The lowest BCUT2D eigenvalue weighted by atomic mass is 9.73. The molecule has 0 aromatic heterocycles. The molecule has 1 saturated heterocycles. The summed E-state index contributed by atoms with van der Waals surface area (Å²) in [5.41, 5.74) is 2.77. The van der Waals surface area contributed by atoms with Crippen molar-refractivity contribution in [1.82, 2.24) is 0 Å². The molecule has 0 bridgehead atoms. The van der Waals surface area contributed by atoms with Gasteiger partial charge < -0.3 is 15.4 Å². The zero-order chi connectivity index (χ0) is 20.1. The largest absolute Gasteiger partial charge is 0.381 e. The topological polar surface area (TPSA) is 50.4 Å². The quantitative estimate of drug-likeness (QED) is 0.625. The molecule has 0 atom stereocenters. The second-order valence-electron chi connectivity index (χ2n) is 7.22. The minimum absolute atomic E-state index is 0.0869. The number of carbonyl (C=O) groups excluding carboxylic acids is 1. The van der Waals surface area contributed by atoms with E-state index in [9.17, 15) is 9.18 Å². The normalized spacial score (nSPS) is 15.5. The van der Waals surface area contributed by atoms with E-state index in [0.29, 0.717) is 26.1 Å². The van der Waals surface area contributed by atoms with Crippen LogP contribution < -0.4 is 10.6 Å². The van der Waals surface area contributed by atoms with Crippen molar-refractivity contribution < 1.29 is 13.9 Å². The Morgan fingerprint density at radius 2 is 1.38 bits per heavy atom. The molecule has 0 saturated carbocycles. The summed E-state index contributed by atoms with van der Waals surface area (Å²) in [6.07, 6.45) is 1.14. The molecule has 2 N–H and O–H groups in total. The Balaban J connectivity index is 1.51. The number of para-hydroxylation sites is 1. The maximum absolute atomic E-state index is 13.4. The van der Waals surface area contributed by atoms with Gasteiger partial charge in [-0.3, -0.25) is 4.79 Å². The lowest BCUT2D eigenvalue weighted by molar-refractivity contribution is -0.125. The number of nitrogens with one attached hydrogen (secondary N) is 2. The fourth-order valence-electron chi connectivity index (χ4n) is 3.71. The number of hydrogen-bond acceptors (Lipinski definition) is 3. The number of halogens is 1. The number of benzene rings is 3. The molecular formula is C24H23FN2O2. The van der Waals surface area contributed by atoms with E-state index in [1.165, 1.54) is 12.1 Å². The van der Waals surface area contributed by atoms with Crippen LogP contribution >= 0.6 is 0 Å². The predicted molar refractivity (Wildman–Crippen MR) is 113 cm³/mol. The highest BCUT2D eigenvalue weighted by Gasteiger charge is 2.41. The van der Waals surface area contributed by atoms with Crippen LogP contribution in [0, 0.1) is 5.82 Å². The van der Waals surface area contributed by atoms with Crippen molar-refractivity contribution in [3.63, 3.8) is 0 Å². The van der Waals surface area contributed by atoms with Crippen LogP contribution in [0.1, 0.15) is 18.4 Å². The van der Waals surface area contributed by atoms with Gasteiger partial charge >= 0.3 is 0 Å². The predicted octanol–water partition coefficient (Wildman–Crippen LogP) is 5.26. The van der Waals surface area contributed by atoms with Gasteiger partial charge in [-0.15, -0.1) is 0 Å². The van der Waals surface area contributed by atoms with E-state index < -0.39 is 5.41 Å². The van der Waals surface area contributed by atoms with Crippen LogP contribution in [0.3, 0.4) is 0 Å². The minimum atomic E-state index is -0.715. The van der Waals surface area contributed by atoms with Crippen LogP contribution in [0.5, 0.6) is 0 Å². The SMILES string of the molecule is O=C(Nc1ccc(Nc2ccccc2)cc1)C1(c2ccc(F)cc2)CCOCC1. The first-order valence-electron chi connectivity index (χ1n) is 9.73. The van der Waals surface area contributed by atoms with Gasteiger partial charge in [-0.2, -0.15) is 0 Å². The van der Waals surface area contributed by atoms with E-state index in [2.05, 4.69) is 10.6 Å². The van der Waals surface area contributed by atoms with E-state index in [1.807, 2.05) is 54.6 Å². The van der Waals surface area contributed by atoms with Crippen molar-refractivity contribution in [2.24, 2.45) is 0 Å². The fraction of sp³-hybridized carbons (Fsp3) is 0.208. The van der Waals surface area contributed by atoms with E-state index in [4.69, 9.17) is 4.74 Å². The molecule has 0 aliphatic carbocycles. The smallest absolute Gasteiger partial charge is 0.235 e. The molecule has 1 aliphatic rings. The highest BCUT2D eigenvalue weighted by Crippen LogP contribution is 2.36. The van der Waals surface area contributed by atoms with E-state index in [1.54, 1.807) is 12.1 Å². The summed E-state index contributed by atoms with van der Waals surface area (Å²) in [6, 6.07) is 23.7. The van der Waals surface area contributed by atoms with Crippen LogP contribution in [-0.4, -0.2) is 19.1 Å². The highest BCUT2D eigenvalue weighted by atomic mass is 19.1. The van der Waals surface area contributed by atoms with E-state index in [0.717, 1.165) is 22.6 Å². The molecule has 1 heterocycles. The minimum Gasteiger partial charge on any atom is -0.381 e. The molecule has 4 rings (SSSR count). The summed E-state index contributed by atoms with van der Waals surface area (Å²) >= 11 is 0. The summed E-state index contributed by atoms with van der Waals surface area (Å²) in [7, 11) is 0. The van der Waals surface area contributed by atoms with Gasteiger partial charge in [0.2, 0.25) is 5.91 Å². The Hall–Kier alpha value is -3.18. The highest BCUT2D eigenvalue weighted by molar-refractivity contribution is 5.99. The van der Waals surface area contributed by atoms with Gasteiger partial charge in [0.25, 0.3) is 0 Å². The van der Waals surface area contributed by atoms with Gasteiger partial charge in [0.15, 0.2) is 0 Å². The summed E-state index contributed by atoms with van der Waals surface area (Å²) in [6.45, 7) is 1.01. The molecule has 0 unspecified atom stereocenters. The van der Waals surface area contributed by atoms with Crippen LogP contribution in [0.2, 0.25) is 0 Å². The van der Waals surface area contributed by atoms with Crippen LogP contribution in [0.15, 0.2) is 78.9 Å². The molecule has 3 aromatic rings. The van der Waals surface area contributed by atoms with Crippen molar-refractivity contribution in [1.29, 1.82) is 0 Å². The molecule has 1 fully saturated rings. The molecule has 5 heteroatoms. The molecule has 0 spiro atoms. The number of ether oxygens (including phenoxy) is 1.